The van der Waals surface area contributed by atoms with Crippen LogP contribution < -0.4 is 10.6 Å². The van der Waals surface area contributed by atoms with Crippen LogP contribution in [0.4, 0.5) is 0 Å². The van der Waals surface area contributed by atoms with Crippen molar-refractivity contribution in [1.29, 1.82) is 0 Å². The van der Waals surface area contributed by atoms with E-state index >= 15 is 0 Å². The SMILES string of the molecule is CC(=O)OC[C@H]1O[C@@H](O[C@H]2[C@@H](OC(C)=O)[C@@H](NC(=O)C(Cl)(Cl)Cl)[C@@H](OCc3ccc4ccccc4c3)O[C@@H]2COCc2ccccc2)[C@H](NC(=O)C(Cl)(Cl)Cl)[C@H](OC(C)=O)[C@@H]1OC(C)=O. The summed E-state index contributed by atoms with van der Waals surface area (Å²) >= 11 is 36.0. The Morgan fingerprint density at radius 2 is 1.06 bits per heavy atom. The normalized spacial score (nSPS) is 25.8. The molecule has 17 nitrogen and oxygen atoms in total. The zero-order chi connectivity index (χ0) is 47.6. The molecule has 5 rings (SSSR count). The molecule has 2 saturated heterocycles. The Balaban J connectivity index is 1.63. The molecule has 2 fully saturated rings. The van der Waals surface area contributed by atoms with Crippen LogP contribution in [0.3, 0.4) is 0 Å². The summed E-state index contributed by atoms with van der Waals surface area (Å²) in [5.41, 5.74) is 1.44. The van der Waals surface area contributed by atoms with Crippen LogP contribution in [-0.2, 0) is 84.6 Å². The van der Waals surface area contributed by atoms with E-state index in [0.717, 1.165) is 44.0 Å². The van der Waals surface area contributed by atoms with Crippen molar-refractivity contribution in [3.05, 3.63) is 83.9 Å². The monoisotopic (exact) mass is 1030 g/mol. The highest BCUT2D eigenvalue weighted by atomic mass is 35.6. The van der Waals surface area contributed by atoms with E-state index in [1.165, 1.54) is 0 Å². The Hall–Kier alpha value is -3.72. The van der Waals surface area contributed by atoms with Gasteiger partial charge in [-0.2, -0.15) is 0 Å². The lowest BCUT2D eigenvalue weighted by molar-refractivity contribution is -0.336. The molecule has 2 heterocycles. The van der Waals surface area contributed by atoms with Gasteiger partial charge in [0.25, 0.3) is 19.4 Å². The zero-order valence-electron chi connectivity index (χ0n) is 34.9. The van der Waals surface area contributed by atoms with Gasteiger partial charge in [0.05, 0.1) is 19.8 Å². The van der Waals surface area contributed by atoms with Crippen molar-refractivity contribution < 1.29 is 71.4 Å². The van der Waals surface area contributed by atoms with Crippen LogP contribution in [0.2, 0.25) is 0 Å². The van der Waals surface area contributed by atoms with Gasteiger partial charge in [0.1, 0.15) is 37.0 Å². The van der Waals surface area contributed by atoms with Gasteiger partial charge in [0.2, 0.25) is 0 Å². The molecule has 0 radical (unpaired) electrons. The second-order valence-electron chi connectivity index (χ2n) is 14.7. The fraction of sp³-hybridized carbons (Fsp3) is 0.476. The molecule has 2 aliphatic rings. The van der Waals surface area contributed by atoms with Crippen molar-refractivity contribution in [3.8, 4) is 0 Å². The largest absolute Gasteiger partial charge is 0.463 e. The number of nitrogens with one attached hydrogen (secondary N) is 2. The Morgan fingerprint density at radius 3 is 1.63 bits per heavy atom. The first kappa shape index (κ1) is 52.3. The molecule has 0 spiro atoms. The van der Waals surface area contributed by atoms with E-state index in [0.29, 0.717) is 5.56 Å². The van der Waals surface area contributed by atoms with E-state index in [9.17, 15) is 28.8 Å². The Bertz CT molecular complexity index is 2160. The average Bonchev–Trinajstić information content (AvgIpc) is 3.22. The number of halogens is 6. The smallest absolute Gasteiger partial charge is 0.303 e. The van der Waals surface area contributed by atoms with Crippen LogP contribution in [0.25, 0.3) is 10.8 Å². The van der Waals surface area contributed by atoms with Gasteiger partial charge in [-0.3, -0.25) is 28.8 Å². The minimum Gasteiger partial charge on any atom is -0.463 e. The number of fused-ring (bicyclic) bond motifs is 1. The second-order valence-corrected chi connectivity index (χ2v) is 19.3. The summed E-state index contributed by atoms with van der Waals surface area (Å²) in [6.45, 7) is 3.18. The van der Waals surface area contributed by atoms with Crippen molar-refractivity contribution >= 4 is 116 Å². The van der Waals surface area contributed by atoms with Crippen LogP contribution in [0.1, 0.15) is 38.8 Å². The second kappa shape index (κ2) is 23.3. The highest BCUT2D eigenvalue weighted by Gasteiger charge is 2.57. The van der Waals surface area contributed by atoms with Gasteiger partial charge in [-0.1, -0.05) is 136 Å². The van der Waals surface area contributed by atoms with Crippen molar-refractivity contribution in [1.82, 2.24) is 10.6 Å². The number of hydrogen-bond donors (Lipinski definition) is 2. The van der Waals surface area contributed by atoms with E-state index < -0.39 is 111 Å². The Morgan fingerprint density at radius 1 is 0.554 bits per heavy atom. The molecule has 3 aromatic carbocycles. The average molecular weight is 1030 g/mol. The van der Waals surface area contributed by atoms with Gasteiger partial charge in [-0.25, -0.2) is 0 Å². The van der Waals surface area contributed by atoms with E-state index in [-0.39, 0.29) is 19.8 Å². The summed E-state index contributed by atoms with van der Waals surface area (Å²) in [4.78, 5) is 77.2. The number of ether oxygens (including phenoxy) is 9. The van der Waals surface area contributed by atoms with Gasteiger partial charge in [0.15, 0.2) is 30.9 Å². The lowest BCUT2D eigenvalue weighted by Gasteiger charge is -2.50. The van der Waals surface area contributed by atoms with E-state index in [1.54, 1.807) is 24.3 Å². The molecule has 2 amide bonds. The first-order chi connectivity index (χ1) is 30.6. The summed E-state index contributed by atoms with van der Waals surface area (Å²) in [7, 11) is 0. The molecule has 0 unspecified atom stereocenters. The molecule has 0 bridgehead atoms. The van der Waals surface area contributed by atoms with Crippen LogP contribution in [0.5, 0.6) is 0 Å². The number of benzene rings is 3. The maximum atomic E-state index is 13.5. The molecule has 0 saturated carbocycles. The summed E-state index contributed by atoms with van der Waals surface area (Å²) in [5, 5.41) is 6.81. The highest BCUT2D eigenvalue weighted by molar-refractivity contribution is 6.76. The lowest BCUT2D eigenvalue weighted by atomic mass is 9.93. The fourth-order valence-corrected chi connectivity index (χ4v) is 7.32. The molecule has 2 aliphatic heterocycles. The third-order valence-electron chi connectivity index (χ3n) is 9.67. The quantitative estimate of drug-likeness (QED) is 0.104. The van der Waals surface area contributed by atoms with Crippen molar-refractivity contribution in [3.63, 3.8) is 0 Å². The predicted molar refractivity (Wildman–Crippen MR) is 235 cm³/mol. The van der Waals surface area contributed by atoms with Gasteiger partial charge in [-0.05, 0) is 28.0 Å². The maximum Gasteiger partial charge on any atom is 0.303 e. The molecule has 65 heavy (non-hydrogen) atoms. The first-order valence-corrected chi connectivity index (χ1v) is 21.9. The highest BCUT2D eigenvalue weighted by Crippen LogP contribution is 2.36. The molecule has 0 aliphatic carbocycles. The third kappa shape index (κ3) is 15.1. The minimum atomic E-state index is -2.64. The van der Waals surface area contributed by atoms with Gasteiger partial charge in [-0.15, -0.1) is 0 Å². The Kier molecular flexibility index (Phi) is 18.8. The van der Waals surface area contributed by atoms with Gasteiger partial charge in [0, 0.05) is 27.7 Å². The molecule has 2 N–H and O–H groups in total. The minimum absolute atomic E-state index is 0.0343. The topological polar surface area (TPSA) is 210 Å². The van der Waals surface area contributed by atoms with E-state index in [2.05, 4.69) is 10.6 Å². The van der Waals surface area contributed by atoms with E-state index in [1.807, 2.05) is 48.5 Å². The summed E-state index contributed by atoms with van der Waals surface area (Å²) < 4.78 is 48.9. The predicted octanol–water partition coefficient (Wildman–Crippen LogP) is 5.48. The van der Waals surface area contributed by atoms with Crippen LogP contribution in [-0.4, -0.2) is 118 Å². The zero-order valence-corrected chi connectivity index (χ0v) is 39.5. The summed E-state index contributed by atoms with van der Waals surface area (Å²) in [6.07, 6.45) is -12.8. The third-order valence-corrected chi connectivity index (χ3v) is 10.7. The number of carbonyl (C=O) groups excluding carboxylic acids is 6. The Labute approximate surface area is 403 Å². The van der Waals surface area contributed by atoms with Crippen LogP contribution in [0, 0.1) is 0 Å². The molecule has 23 heteroatoms. The molecule has 0 aromatic heterocycles. The summed E-state index contributed by atoms with van der Waals surface area (Å²) in [5.74, 6) is -6.00. The number of alkyl halides is 6. The summed E-state index contributed by atoms with van der Waals surface area (Å²) in [6, 6.07) is 18.9. The van der Waals surface area contributed by atoms with Crippen molar-refractivity contribution in [2.45, 2.75) is 110 Å². The number of amides is 2. The molecular weight excluding hydrogens is 985 g/mol. The number of hydrogen-bond acceptors (Lipinski definition) is 15. The van der Waals surface area contributed by atoms with Crippen LogP contribution in [0.15, 0.2) is 72.8 Å². The molecular formula is C42H44Cl6N2O15. The van der Waals surface area contributed by atoms with Crippen molar-refractivity contribution in [2.75, 3.05) is 13.2 Å². The maximum absolute atomic E-state index is 13.5. The molecule has 10 atom stereocenters. The standard InChI is InChI=1S/C42H44Cl6N2O15/c1-21(51)58-20-30-33(60-22(2)52)36(62-24(4)54)32(50-40(56)42(46,47)48)38(64-30)65-34-29(19-57-17-25-10-6-5-7-11-25)63-37(31(35(34)61-23(3)53)49-39(55)41(43,44)45)59-18-26-14-15-27-12-8-9-13-28(27)16-26/h5-16,29-38H,17-20H2,1-4H3,(H,49,55)(H,50,56)/t29-,30-,31-,32-,33-,34-,35+,36+,37+,38+/m1/s1. The van der Waals surface area contributed by atoms with Crippen LogP contribution >= 0.6 is 69.6 Å². The fourth-order valence-electron chi connectivity index (χ4n) is 7.00. The van der Waals surface area contributed by atoms with E-state index in [4.69, 9.17) is 112 Å². The molecule has 354 valence electrons. The van der Waals surface area contributed by atoms with Gasteiger partial charge < -0.3 is 53.3 Å². The first-order valence-electron chi connectivity index (χ1n) is 19.7. The number of esters is 4. The number of rotatable bonds is 16. The number of carbonyl (C=O) groups is 6. The van der Waals surface area contributed by atoms with Gasteiger partial charge >= 0.3 is 23.9 Å². The van der Waals surface area contributed by atoms with Crippen molar-refractivity contribution in [2.24, 2.45) is 0 Å². The lowest BCUT2D eigenvalue weighted by Crippen LogP contribution is -2.71. The molecule has 3 aromatic rings.